The first kappa shape index (κ1) is 25.3. The molecule has 0 saturated carbocycles. The lowest BCUT2D eigenvalue weighted by Gasteiger charge is -2.09. The van der Waals surface area contributed by atoms with Crippen molar-refractivity contribution >= 4 is 39.1 Å². The SMILES string of the molecule is COc1ccc(C(=O)CCC(=O)c2cc(C=C(C)C)cc(-c3csc4c(C)cccc34)n2)cc1OC. The number of nitrogens with zero attached hydrogens (tertiary/aromatic N) is 1. The summed E-state index contributed by atoms with van der Waals surface area (Å²) in [6, 6.07) is 15.1. The van der Waals surface area contributed by atoms with E-state index >= 15 is 0 Å². The Balaban J connectivity index is 1.62. The van der Waals surface area contributed by atoms with Crippen LogP contribution in [0.1, 0.15) is 58.7 Å². The van der Waals surface area contributed by atoms with Crippen LogP contribution in [0.4, 0.5) is 0 Å². The van der Waals surface area contributed by atoms with Crippen LogP contribution in [0.15, 0.2) is 59.5 Å². The van der Waals surface area contributed by atoms with Gasteiger partial charge >= 0.3 is 0 Å². The first-order valence-corrected chi connectivity index (χ1v) is 12.6. The van der Waals surface area contributed by atoms with Crippen LogP contribution in [0.2, 0.25) is 0 Å². The van der Waals surface area contributed by atoms with E-state index in [0.29, 0.717) is 22.8 Å². The predicted molar refractivity (Wildman–Crippen MR) is 147 cm³/mol. The molecule has 0 aliphatic rings. The number of aryl methyl sites for hydroxylation is 1. The second kappa shape index (κ2) is 10.9. The number of carbonyl (C=O) groups excluding carboxylic acids is 2. The number of fused-ring (bicyclic) bond motifs is 1. The Hall–Kier alpha value is -3.77. The van der Waals surface area contributed by atoms with Gasteiger partial charge in [0.25, 0.3) is 0 Å². The number of allylic oxidation sites excluding steroid dienone is 1. The fourth-order valence-electron chi connectivity index (χ4n) is 4.16. The number of benzene rings is 2. The number of hydrogen-bond donors (Lipinski definition) is 0. The van der Waals surface area contributed by atoms with Crippen LogP contribution in [0, 0.1) is 6.92 Å². The number of ketones is 2. The third-order valence-corrected chi connectivity index (χ3v) is 7.08. The molecule has 0 fully saturated rings. The monoisotopic (exact) mass is 499 g/mol. The molecule has 2 heterocycles. The lowest BCUT2D eigenvalue weighted by atomic mass is 10.0. The molecule has 4 aromatic rings. The molecule has 0 N–H and O–H groups in total. The van der Waals surface area contributed by atoms with Crippen molar-refractivity contribution < 1.29 is 19.1 Å². The van der Waals surface area contributed by atoms with Gasteiger partial charge in [0.1, 0.15) is 5.69 Å². The highest BCUT2D eigenvalue weighted by molar-refractivity contribution is 7.18. The van der Waals surface area contributed by atoms with Gasteiger partial charge in [0.2, 0.25) is 0 Å². The van der Waals surface area contributed by atoms with Crippen molar-refractivity contribution in [2.75, 3.05) is 14.2 Å². The fourth-order valence-corrected chi connectivity index (χ4v) is 5.20. The van der Waals surface area contributed by atoms with E-state index in [0.717, 1.165) is 27.8 Å². The Morgan fingerprint density at radius 1 is 0.944 bits per heavy atom. The van der Waals surface area contributed by atoms with Crippen molar-refractivity contribution in [1.82, 2.24) is 4.98 Å². The summed E-state index contributed by atoms with van der Waals surface area (Å²) in [6.45, 7) is 6.14. The first-order chi connectivity index (χ1) is 17.3. The van der Waals surface area contributed by atoms with Crippen molar-refractivity contribution in [3.63, 3.8) is 0 Å². The number of rotatable bonds is 9. The summed E-state index contributed by atoms with van der Waals surface area (Å²) in [7, 11) is 3.07. The van der Waals surface area contributed by atoms with Gasteiger partial charge in [-0.3, -0.25) is 9.59 Å². The molecule has 6 heteroatoms. The Morgan fingerprint density at radius 3 is 2.42 bits per heavy atom. The van der Waals surface area contributed by atoms with Crippen LogP contribution in [-0.2, 0) is 0 Å². The minimum absolute atomic E-state index is 0.0708. The topological polar surface area (TPSA) is 65.5 Å². The quantitative estimate of drug-likeness (QED) is 0.222. The predicted octanol–water partition coefficient (Wildman–Crippen LogP) is 7.56. The second-order valence-corrected chi connectivity index (χ2v) is 9.79. The van der Waals surface area contributed by atoms with Crippen molar-refractivity contribution in [2.24, 2.45) is 0 Å². The minimum atomic E-state index is -0.162. The van der Waals surface area contributed by atoms with E-state index in [1.54, 1.807) is 42.7 Å². The number of pyridine rings is 1. The molecule has 0 saturated heterocycles. The number of thiophene rings is 1. The molecule has 0 atom stereocenters. The lowest BCUT2D eigenvalue weighted by Crippen LogP contribution is -2.08. The van der Waals surface area contributed by atoms with Gasteiger partial charge in [0, 0.05) is 39.4 Å². The largest absolute Gasteiger partial charge is 0.493 e. The van der Waals surface area contributed by atoms with Gasteiger partial charge in [-0.05, 0) is 62.2 Å². The summed E-state index contributed by atoms with van der Waals surface area (Å²) in [6.07, 6.45) is 2.19. The molecule has 0 unspecified atom stereocenters. The van der Waals surface area contributed by atoms with Crippen LogP contribution < -0.4 is 9.47 Å². The molecule has 4 rings (SSSR count). The number of aromatic nitrogens is 1. The molecular weight excluding hydrogens is 470 g/mol. The summed E-state index contributed by atoms with van der Waals surface area (Å²) in [5, 5.41) is 3.23. The van der Waals surface area contributed by atoms with Crippen LogP contribution in [-0.4, -0.2) is 30.8 Å². The summed E-state index contributed by atoms with van der Waals surface area (Å²) in [4.78, 5) is 30.8. The average Bonchev–Trinajstić information content (AvgIpc) is 3.31. The molecule has 5 nitrogen and oxygen atoms in total. The second-order valence-electron chi connectivity index (χ2n) is 8.91. The smallest absolute Gasteiger partial charge is 0.181 e. The van der Waals surface area contributed by atoms with Gasteiger partial charge in [0.15, 0.2) is 23.1 Å². The van der Waals surface area contributed by atoms with E-state index in [4.69, 9.17) is 14.5 Å². The highest BCUT2D eigenvalue weighted by Gasteiger charge is 2.17. The highest BCUT2D eigenvalue weighted by atomic mass is 32.1. The number of methoxy groups -OCH3 is 2. The highest BCUT2D eigenvalue weighted by Crippen LogP contribution is 2.35. The van der Waals surface area contributed by atoms with Gasteiger partial charge in [-0.2, -0.15) is 0 Å². The number of carbonyl (C=O) groups is 2. The van der Waals surface area contributed by atoms with Gasteiger partial charge in [-0.25, -0.2) is 4.98 Å². The standard InChI is InChI=1S/C30H29NO4S/c1-18(2)13-20-14-24(23-17-36-30-19(3)7-6-8-22(23)30)31-25(15-20)27(33)11-10-26(32)21-9-12-28(34-4)29(16-21)35-5/h6-9,12-17H,10-11H2,1-5H3. The zero-order valence-corrected chi connectivity index (χ0v) is 22.0. The molecule has 0 spiro atoms. The zero-order chi connectivity index (χ0) is 25.8. The lowest BCUT2D eigenvalue weighted by molar-refractivity contribution is 0.0915. The Morgan fingerprint density at radius 2 is 1.69 bits per heavy atom. The minimum Gasteiger partial charge on any atom is -0.493 e. The molecule has 0 amide bonds. The van der Waals surface area contributed by atoms with Crippen molar-refractivity contribution in [3.8, 4) is 22.8 Å². The third kappa shape index (κ3) is 5.39. The summed E-state index contributed by atoms with van der Waals surface area (Å²) in [5.74, 6) is 0.733. The Bertz CT molecular complexity index is 1480. The van der Waals surface area contributed by atoms with Crippen LogP contribution >= 0.6 is 11.3 Å². The van der Waals surface area contributed by atoms with Crippen molar-refractivity contribution in [3.05, 3.63) is 81.9 Å². The molecule has 0 bridgehead atoms. The van der Waals surface area contributed by atoms with E-state index < -0.39 is 0 Å². The van der Waals surface area contributed by atoms with E-state index in [-0.39, 0.29) is 24.4 Å². The maximum absolute atomic E-state index is 13.2. The Labute approximate surface area is 215 Å². The van der Waals surface area contributed by atoms with E-state index in [2.05, 4.69) is 24.4 Å². The summed E-state index contributed by atoms with van der Waals surface area (Å²) < 4.78 is 11.8. The van der Waals surface area contributed by atoms with Crippen LogP contribution in [0.5, 0.6) is 11.5 Å². The van der Waals surface area contributed by atoms with Crippen molar-refractivity contribution in [1.29, 1.82) is 0 Å². The first-order valence-electron chi connectivity index (χ1n) is 11.7. The molecule has 36 heavy (non-hydrogen) atoms. The molecule has 0 aliphatic heterocycles. The normalized spacial score (nSPS) is 10.8. The van der Waals surface area contributed by atoms with Crippen LogP contribution in [0.25, 0.3) is 27.4 Å². The number of Topliss-reactive ketones (excluding diaryl/α,β-unsaturated/α-hetero) is 2. The van der Waals surface area contributed by atoms with E-state index in [9.17, 15) is 9.59 Å². The molecule has 2 aromatic carbocycles. The molecule has 0 radical (unpaired) electrons. The van der Waals surface area contributed by atoms with Crippen LogP contribution in [0.3, 0.4) is 0 Å². The number of hydrogen-bond acceptors (Lipinski definition) is 6. The fraction of sp³-hybridized carbons (Fsp3) is 0.233. The maximum atomic E-state index is 13.2. The molecule has 184 valence electrons. The van der Waals surface area contributed by atoms with Gasteiger partial charge < -0.3 is 9.47 Å². The van der Waals surface area contributed by atoms with E-state index in [1.165, 1.54) is 17.4 Å². The summed E-state index contributed by atoms with van der Waals surface area (Å²) in [5.41, 5.74) is 5.88. The average molecular weight is 500 g/mol. The van der Waals surface area contributed by atoms with Gasteiger partial charge in [-0.1, -0.05) is 29.8 Å². The summed E-state index contributed by atoms with van der Waals surface area (Å²) >= 11 is 1.68. The van der Waals surface area contributed by atoms with E-state index in [1.807, 2.05) is 32.1 Å². The van der Waals surface area contributed by atoms with Gasteiger partial charge in [0.05, 0.1) is 19.9 Å². The number of ether oxygens (including phenoxy) is 2. The van der Waals surface area contributed by atoms with Gasteiger partial charge in [-0.15, -0.1) is 11.3 Å². The molecule has 0 aliphatic carbocycles. The third-order valence-electron chi connectivity index (χ3n) is 5.95. The molecular formula is C30H29NO4S. The zero-order valence-electron chi connectivity index (χ0n) is 21.2. The Kier molecular flexibility index (Phi) is 7.65. The maximum Gasteiger partial charge on any atom is 0.181 e. The van der Waals surface area contributed by atoms with Crippen molar-refractivity contribution in [2.45, 2.75) is 33.6 Å². The molecule has 2 aromatic heterocycles.